The number of ether oxygens (including phenoxy) is 1. The van der Waals surface area contributed by atoms with Crippen LogP contribution in [0, 0.1) is 0 Å². The van der Waals surface area contributed by atoms with Crippen LogP contribution in [0.25, 0.3) is 11.4 Å². The Morgan fingerprint density at radius 3 is 2.92 bits per heavy atom. The lowest BCUT2D eigenvalue weighted by Crippen LogP contribution is -2.22. The van der Waals surface area contributed by atoms with Crippen LogP contribution in [0.4, 0.5) is 5.69 Å². The molecule has 1 heterocycles. The van der Waals surface area contributed by atoms with Crippen LogP contribution < -0.4 is 15.8 Å². The molecule has 0 unspecified atom stereocenters. The maximum absolute atomic E-state index is 6.09. The lowest BCUT2D eigenvalue weighted by molar-refractivity contribution is 0.415. The lowest BCUT2D eigenvalue weighted by Gasteiger charge is -2.08. The van der Waals surface area contributed by atoms with Gasteiger partial charge in [0.15, 0.2) is 11.8 Å². The largest absolute Gasteiger partial charge is 0.495 e. The summed E-state index contributed by atoms with van der Waals surface area (Å²) in [6.45, 7) is 0.435. The van der Waals surface area contributed by atoms with Crippen LogP contribution in [-0.4, -0.2) is 28.3 Å². The van der Waals surface area contributed by atoms with Gasteiger partial charge in [0.1, 0.15) is 12.1 Å². The average molecular weight is 357 g/mol. The van der Waals surface area contributed by atoms with Crippen LogP contribution in [0.5, 0.6) is 5.75 Å². The Morgan fingerprint density at radius 2 is 2.20 bits per heavy atom. The summed E-state index contributed by atoms with van der Waals surface area (Å²) in [6, 6.07) is 13.2. The molecule has 0 aliphatic rings. The van der Waals surface area contributed by atoms with E-state index in [-0.39, 0.29) is 0 Å². The SMILES string of the molecule is COc1ccc(NC(N)=NCc2cccc(-c3ncn[nH]3)c2)cc1Cl. The van der Waals surface area contributed by atoms with E-state index in [0.29, 0.717) is 29.1 Å². The number of anilines is 1. The Kier molecular flexibility index (Phi) is 5.15. The van der Waals surface area contributed by atoms with Gasteiger partial charge in [-0.2, -0.15) is 5.10 Å². The first kappa shape index (κ1) is 16.8. The summed E-state index contributed by atoms with van der Waals surface area (Å²) in [6.07, 6.45) is 1.47. The number of nitrogens with two attached hydrogens (primary N) is 1. The van der Waals surface area contributed by atoms with E-state index in [9.17, 15) is 0 Å². The second kappa shape index (κ2) is 7.67. The predicted molar refractivity (Wildman–Crippen MR) is 98.8 cm³/mol. The molecular formula is C17H17ClN6O. The number of rotatable bonds is 5. The molecule has 3 aromatic rings. The molecule has 2 aromatic carbocycles. The van der Waals surface area contributed by atoms with Gasteiger partial charge in [0, 0.05) is 11.3 Å². The minimum Gasteiger partial charge on any atom is -0.495 e. The van der Waals surface area contributed by atoms with Gasteiger partial charge < -0.3 is 15.8 Å². The fourth-order valence-corrected chi connectivity index (χ4v) is 2.53. The zero-order valence-corrected chi connectivity index (χ0v) is 14.3. The van der Waals surface area contributed by atoms with E-state index in [2.05, 4.69) is 25.5 Å². The Balaban J connectivity index is 1.67. The first-order valence-corrected chi connectivity index (χ1v) is 7.88. The predicted octanol–water partition coefficient (Wildman–Crippen LogP) is 3.06. The Morgan fingerprint density at radius 1 is 1.32 bits per heavy atom. The number of aromatic nitrogens is 3. The summed E-state index contributed by atoms with van der Waals surface area (Å²) in [5.41, 5.74) is 8.63. The fraction of sp³-hybridized carbons (Fsp3) is 0.118. The molecule has 0 amide bonds. The third-order valence-electron chi connectivity index (χ3n) is 3.47. The van der Waals surface area contributed by atoms with Crippen molar-refractivity contribution in [3.8, 4) is 17.1 Å². The van der Waals surface area contributed by atoms with E-state index >= 15 is 0 Å². The van der Waals surface area contributed by atoms with Crippen molar-refractivity contribution in [2.24, 2.45) is 10.7 Å². The smallest absolute Gasteiger partial charge is 0.193 e. The number of hydrogen-bond donors (Lipinski definition) is 3. The number of halogens is 1. The van der Waals surface area contributed by atoms with Gasteiger partial charge in [-0.15, -0.1) is 0 Å². The monoisotopic (exact) mass is 356 g/mol. The van der Waals surface area contributed by atoms with Crippen molar-refractivity contribution in [2.75, 3.05) is 12.4 Å². The van der Waals surface area contributed by atoms with Gasteiger partial charge in [0.2, 0.25) is 0 Å². The minimum atomic E-state index is 0.298. The van der Waals surface area contributed by atoms with Crippen molar-refractivity contribution in [1.29, 1.82) is 0 Å². The number of H-pyrrole nitrogens is 1. The summed E-state index contributed by atoms with van der Waals surface area (Å²) in [4.78, 5) is 8.49. The lowest BCUT2D eigenvalue weighted by atomic mass is 10.1. The Labute approximate surface area is 149 Å². The van der Waals surface area contributed by atoms with Gasteiger partial charge in [-0.05, 0) is 29.8 Å². The highest BCUT2D eigenvalue weighted by atomic mass is 35.5. The third kappa shape index (κ3) is 4.27. The highest BCUT2D eigenvalue weighted by Gasteiger charge is 2.04. The molecule has 0 radical (unpaired) electrons. The molecule has 0 saturated carbocycles. The first-order chi connectivity index (χ1) is 12.2. The molecule has 128 valence electrons. The van der Waals surface area contributed by atoms with E-state index in [1.165, 1.54) is 6.33 Å². The molecule has 0 fully saturated rings. The minimum absolute atomic E-state index is 0.298. The summed E-state index contributed by atoms with van der Waals surface area (Å²) in [7, 11) is 1.57. The van der Waals surface area contributed by atoms with E-state index in [0.717, 1.165) is 16.8 Å². The van der Waals surface area contributed by atoms with Crippen LogP contribution in [0.1, 0.15) is 5.56 Å². The average Bonchev–Trinajstić information content (AvgIpc) is 3.15. The van der Waals surface area contributed by atoms with Gasteiger partial charge in [0.25, 0.3) is 0 Å². The molecule has 3 rings (SSSR count). The van der Waals surface area contributed by atoms with Crippen molar-refractivity contribution >= 4 is 23.2 Å². The highest BCUT2D eigenvalue weighted by molar-refractivity contribution is 6.32. The van der Waals surface area contributed by atoms with Crippen molar-refractivity contribution in [3.05, 3.63) is 59.4 Å². The molecular weight excluding hydrogens is 340 g/mol. The summed E-state index contributed by atoms with van der Waals surface area (Å²) >= 11 is 6.09. The van der Waals surface area contributed by atoms with Gasteiger partial charge in [-0.3, -0.25) is 5.10 Å². The number of benzene rings is 2. The van der Waals surface area contributed by atoms with Crippen LogP contribution >= 0.6 is 11.6 Å². The van der Waals surface area contributed by atoms with Crippen molar-refractivity contribution < 1.29 is 4.74 Å². The molecule has 1 aromatic heterocycles. The normalized spacial score (nSPS) is 11.4. The van der Waals surface area contributed by atoms with Crippen molar-refractivity contribution in [1.82, 2.24) is 15.2 Å². The molecule has 7 nitrogen and oxygen atoms in total. The Hall–Kier alpha value is -3.06. The number of hydrogen-bond acceptors (Lipinski definition) is 4. The molecule has 0 aliphatic carbocycles. The van der Waals surface area contributed by atoms with E-state index in [4.69, 9.17) is 22.1 Å². The van der Waals surface area contributed by atoms with E-state index in [1.54, 1.807) is 19.2 Å². The molecule has 0 atom stereocenters. The number of nitrogens with one attached hydrogen (secondary N) is 2. The second-order valence-corrected chi connectivity index (χ2v) is 5.62. The van der Waals surface area contributed by atoms with Crippen molar-refractivity contribution in [2.45, 2.75) is 6.54 Å². The molecule has 0 aliphatic heterocycles. The second-order valence-electron chi connectivity index (χ2n) is 5.21. The molecule has 8 heteroatoms. The van der Waals surface area contributed by atoms with Gasteiger partial charge in [0.05, 0.1) is 18.7 Å². The van der Waals surface area contributed by atoms with Crippen LogP contribution in [0.3, 0.4) is 0 Å². The van der Waals surface area contributed by atoms with Gasteiger partial charge in [-0.25, -0.2) is 9.98 Å². The van der Waals surface area contributed by atoms with Crippen LogP contribution in [0.15, 0.2) is 53.8 Å². The number of nitrogens with zero attached hydrogens (tertiary/aromatic N) is 3. The maximum Gasteiger partial charge on any atom is 0.193 e. The fourth-order valence-electron chi connectivity index (χ4n) is 2.27. The zero-order valence-electron chi connectivity index (χ0n) is 13.5. The van der Waals surface area contributed by atoms with Gasteiger partial charge in [-0.1, -0.05) is 29.8 Å². The van der Waals surface area contributed by atoms with Crippen LogP contribution in [-0.2, 0) is 6.54 Å². The summed E-state index contributed by atoms with van der Waals surface area (Å²) < 4.78 is 5.12. The molecule has 0 saturated heterocycles. The van der Waals surface area contributed by atoms with E-state index in [1.807, 2.05) is 30.3 Å². The quantitative estimate of drug-likeness (QED) is 0.481. The first-order valence-electron chi connectivity index (χ1n) is 7.51. The standard InChI is InChI=1S/C17H17ClN6O/c1-25-15-6-5-13(8-14(15)18)23-17(19)20-9-11-3-2-4-12(7-11)16-21-10-22-24-16/h2-8,10H,9H2,1H3,(H3,19,20,23)(H,21,22,24). The molecule has 25 heavy (non-hydrogen) atoms. The van der Waals surface area contributed by atoms with Gasteiger partial charge >= 0.3 is 0 Å². The van der Waals surface area contributed by atoms with Crippen molar-refractivity contribution in [3.63, 3.8) is 0 Å². The van der Waals surface area contributed by atoms with Crippen LogP contribution in [0.2, 0.25) is 5.02 Å². The number of aliphatic imine (C=N–C) groups is 1. The summed E-state index contributed by atoms with van der Waals surface area (Å²) in [5.74, 6) is 1.61. The molecule has 4 N–H and O–H groups in total. The number of methoxy groups -OCH3 is 1. The topological polar surface area (TPSA) is 101 Å². The molecule has 0 spiro atoms. The third-order valence-corrected chi connectivity index (χ3v) is 3.77. The van der Waals surface area contributed by atoms with E-state index < -0.39 is 0 Å². The maximum atomic E-state index is 6.09. The Bertz CT molecular complexity index is 879. The summed E-state index contributed by atoms with van der Waals surface area (Å²) in [5, 5.41) is 10.2. The highest BCUT2D eigenvalue weighted by Crippen LogP contribution is 2.27. The molecule has 0 bridgehead atoms. The number of aromatic amines is 1. The zero-order chi connectivity index (χ0) is 17.6. The number of guanidine groups is 1.